The van der Waals surface area contributed by atoms with E-state index in [-0.39, 0.29) is 6.10 Å². The predicted molar refractivity (Wildman–Crippen MR) is 115 cm³/mol. The summed E-state index contributed by atoms with van der Waals surface area (Å²) >= 11 is 6.44. The molecule has 8 heteroatoms. The summed E-state index contributed by atoms with van der Waals surface area (Å²) in [6.07, 6.45) is 5.93. The number of anilines is 2. The van der Waals surface area contributed by atoms with Crippen molar-refractivity contribution in [2.75, 3.05) is 37.0 Å². The SMILES string of the molecule is N[C@H]1CC[C@H](Nc2cc(-c3cccc(NCC4COCCO4)n3)c(Cl)cn2)CC1. The van der Waals surface area contributed by atoms with E-state index in [1.807, 2.05) is 24.3 Å². The topological polar surface area (TPSA) is 94.3 Å². The molecule has 1 saturated carbocycles. The van der Waals surface area contributed by atoms with Gasteiger partial charge in [-0.05, 0) is 43.9 Å². The van der Waals surface area contributed by atoms with Crippen LogP contribution >= 0.6 is 11.6 Å². The first-order valence-corrected chi connectivity index (χ1v) is 10.6. The molecule has 1 aliphatic carbocycles. The minimum Gasteiger partial charge on any atom is -0.376 e. The van der Waals surface area contributed by atoms with Gasteiger partial charge in [0.25, 0.3) is 0 Å². The number of ether oxygens (including phenoxy) is 2. The second-order valence-electron chi connectivity index (χ2n) is 7.66. The summed E-state index contributed by atoms with van der Waals surface area (Å²) in [6, 6.07) is 8.56. The quantitative estimate of drug-likeness (QED) is 0.663. The number of aromatic nitrogens is 2. The number of hydrogen-bond acceptors (Lipinski definition) is 7. The smallest absolute Gasteiger partial charge is 0.126 e. The van der Waals surface area contributed by atoms with Crippen molar-refractivity contribution < 1.29 is 9.47 Å². The molecular weight excluding hydrogens is 390 g/mol. The Bertz CT molecular complexity index is 807. The van der Waals surface area contributed by atoms with Crippen LogP contribution in [-0.4, -0.2) is 54.5 Å². The van der Waals surface area contributed by atoms with Gasteiger partial charge in [0.2, 0.25) is 0 Å². The van der Waals surface area contributed by atoms with E-state index in [0.29, 0.717) is 43.5 Å². The summed E-state index contributed by atoms with van der Waals surface area (Å²) in [5.74, 6) is 1.60. The van der Waals surface area contributed by atoms with Gasteiger partial charge in [-0.25, -0.2) is 9.97 Å². The predicted octanol–water partition coefficient (Wildman–Crippen LogP) is 3.31. The number of nitrogens with two attached hydrogens (primary N) is 1. The maximum Gasteiger partial charge on any atom is 0.126 e. The van der Waals surface area contributed by atoms with Gasteiger partial charge in [0.05, 0.1) is 36.6 Å². The highest BCUT2D eigenvalue weighted by Gasteiger charge is 2.19. The molecule has 0 aromatic carbocycles. The average molecular weight is 418 g/mol. The molecule has 3 heterocycles. The van der Waals surface area contributed by atoms with Gasteiger partial charge in [-0.2, -0.15) is 0 Å². The van der Waals surface area contributed by atoms with Crippen molar-refractivity contribution in [1.82, 2.24) is 9.97 Å². The maximum absolute atomic E-state index is 6.44. The molecule has 156 valence electrons. The summed E-state index contributed by atoms with van der Waals surface area (Å²) in [5, 5.41) is 7.43. The van der Waals surface area contributed by atoms with E-state index in [2.05, 4.69) is 15.6 Å². The highest BCUT2D eigenvalue weighted by Crippen LogP contribution is 2.30. The fraction of sp³-hybridized carbons (Fsp3) is 0.524. The first-order valence-electron chi connectivity index (χ1n) is 10.3. The Kier molecular flexibility index (Phi) is 6.82. The Hall–Kier alpha value is -1.93. The van der Waals surface area contributed by atoms with Crippen LogP contribution in [0.25, 0.3) is 11.3 Å². The van der Waals surface area contributed by atoms with Crippen LogP contribution < -0.4 is 16.4 Å². The lowest BCUT2D eigenvalue weighted by Crippen LogP contribution is -2.34. The van der Waals surface area contributed by atoms with Crippen molar-refractivity contribution in [1.29, 1.82) is 0 Å². The molecule has 0 spiro atoms. The van der Waals surface area contributed by atoms with Gasteiger partial charge in [-0.15, -0.1) is 0 Å². The van der Waals surface area contributed by atoms with E-state index in [0.717, 1.165) is 48.6 Å². The van der Waals surface area contributed by atoms with E-state index >= 15 is 0 Å². The minimum atomic E-state index is 0.0399. The molecule has 1 unspecified atom stereocenters. The number of halogens is 1. The van der Waals surface area contributed by atoms with Crippen molar-refractivity contribution in [3.8, 4) is 11.3 Å². The monoisotopic (exact) mass is 417 g/mol. The molecule has 29 heavy (non-hydrogen) atoms. The van der Waals surface area contributed by atoms with Crippen molar-refractivity contribution in [3.63, 3.8) is 0 Å². The molecule has 1 saturated heterocycles. The number of pyridine rings is 2. The van der Waals surface area contributed by atoms with Gasteiger partial charge in [-0.3, -0.25) is 0 Å². The highest BCUT2D eigenvalue weighted by molar-refractivity contribution is 6.33. The fourth-order valence-corrected chi connectivity index (χ4v) is 3.94. The van der Waals surface area contributed by atoms with Crippen molar-refractivity contribution in [2.24, 2.45) is 5.73 Å². The molecule has 1 aliphatic heterocycles. The van der Waals surface area contributed by atoms with Gasteiger partial charge in [0.15, 0.2) is 0 Å². The van der Waals surface area contributed by atoms with Crippen molar-refractivity contribution in [2.45, 2.75) is 43.9 Å². The summed E-state index contributed by atoms with van der Waals surface area (Å²) in [6.45, 7) is 2.55. The molecule has 0 bridgehead atoms. The normalized spacial score (nSPS) is 24.8. The zero-order chi connectivity index (χ0) is 20.1. The Morgan fingerprint density at radius 3 is 2.79 bits per heavy atom. The molecule has 0 radical (unpaired) electrons. The largest absolute Gasteiger partial charge is 0.376 e. The number of rotatable bonds is 6. The first kappa shape index (κ1) is 20.3. The zero-order valence-electron chi connectivity index (χ0n) is 16.4. The Morgan fingerprint density at radius 2 is 2.00 bits per heavy atom. The Morgan fingerprint density at radius 1 is 1.14 bits per heavy atom. The molecule has 4 rings (SSSR count). The van der Waals surface area contributed by atoms with Gasteiger partial charge >= 0.3 is 0 Å². The van der Waals surface area contributed by atoms with Gasteiger partial charge in [0, 0.05) is 30.4 Å². The number of nitrogens with zero attached hydrogens (tertiary/aromatic N) is 2. The minimum absolute atomic E-state index is 0.0399. The third kappa shape index (κ3) is 5.57. The molecule has 2 fully saturated rings. The van der Waals surface area contributed by atoms with Gasteiger partial charge in [-0.1, -0.05) is 17.7 Å². The third-order valence-electron chi connectivity index (χ3n) is 5.40. The maximum atomic E-state index is 6.44. The molecule has 2 aromatic rings. The summed E-state index contributed by atoms with van der Waals surface area (Å²) in [4.78, 5) is 9.17. The third-order valence-corrected chi connectivity index (χ3v) is 5.70. The van der Waals surface area contributed by atoms with E-state index in [4.69, 9.17) is 31.8 Å². The van der Waals surface area contributed by atoms with Crippen LogP contribution in [0.5, 0.6) is 0 Å². The van der Waals surface area contributed by atoms with E-state index in [1.165, 1.54) is 0 Å². The standard InChI is InChI=1S/C21H28ClN5O2/c22-18-12-25-21(26-15-6-4-14(23)5-7-15)10-17(18)19-2-1-3-20(27-19)24-11-16-13-28-8-9-29-16/h1-3,10,12,14-16H,4-9,11,13,23H2,(H,24,27)(H,25,26)/t14-,15-,16?. The van der Waals surface area contributed by atoms with Crippen LogP contribution in [0.2, 0.25) is 5.02 Å². The number of hydrogen-bond donors (Lipinski definition) is 3. The molecule has 2 aromatic heterocycles. The second kappa shape index (κ2) is 9.71. The van der Waals surface area contributed by atoms with Gasteiger partial charge < -0.3 is 25.8 Å². The van der Waals surface area contributed by atoms with Crippen LogP contribution in [0.1, 0.15) is 25.7 Å². The molecule has 2 aliphatic rings. The molecule has 1 atom stereocenters. The molecule has 4 N–H and O–H groups in total. The van der Waals surface area contributed by atoms with E-state index < -0.39 is 0 Å². The molecule has 7 nitrogen and oxygen atoms in total. The van der Waals surface area contributed by atoms with Crippen LogP contribution in [0.3, 0.4) is 0 Å². The lowest BCUT2D eigenvalue weighted by Gasteiger charge is -2.27. The van der Waals surface area contributed by atoms with Crippen LogP contribution in [-0.2, 0) is 9.47 Å². The Labute approximate surface area is 176 Å². The fourth-order valence-electron chi connectivity index (χ4n) is 3.74. The average Bonchev–Trinajstić information content (AvgIpc) is 2.76. The summed E-state index contributed by atoms with van der Waals surface area (Å²) < 4.78 is 11.1. The first-order chi connectivity index (χ1) is 14.2. The highest BCUT2D eigenvalue weighted by atomic mass is 35.5. The van der Waals surface area contributed by atoms with Crippen LogP contribution in [0.15, 0.2) is 30.5 Å². The van der Waals surface area contributed by atoms with Gasteiger partial charge in [0.1, 0.15) is 11.6 Å². The summed E-state index contributed by atoms with van der Waals surface area (Å²) in [7, 11) is 0. The van der Waals surface area contributed by atoms with E-state index in [9.17, 15) is 0 Å². The molecule has 0 amide bonds. The van der Waals surface area contributed by atoms with E-state index in [1.54, 1.807) is 6.20 Å². The number of nitrogens with one attached hydrogen (secondary N) is 2. The second-order valence-corrected chi connectivity index (χ2v) is 8.07. The summed E-state index contributed by atoms with van der Waals surface area (Å²) in [5.41, 5.74) is 7.67. The van der Waals surface area contributed by atoms with Crippen molar-refractivity contribution >= 4 is 23.2 Å². The Balaban J connectivity index is 1.44. The lowest BCUT2D eigenvalue weighted by atomic mass is 9.92. The zero-order valence-corrected chi connectivity index (χ0v) is 17.2. The lowest BCUT2D eigenvalue weighted by molar-refractivity contribution is -0.0819. The molecular formula is C21H28ClN5O2. The van der Waals surface area contributed by atoms with Crippen LogP contribution in [0, 0.1) is 0 Å². The van der Waals surface area contributed by atoms with Crippen molar-refractivity contribution in [3.05, 3.63) is 35.5 Å². The van der Waals surface area contributed by atoms with Crippen LogP contribution in [0.4, 0.5) is 11.6 Å².